The van der Waals surface area contributed by atoms with Crippen molar-refractivity contribution in [2.24, 2.45) is 0 Å². The maximum Gasteiger partial charge on any atom is 0.410 e. The molecule has 3 aromatic heterocycles. The van der Waals surface area contributed by atoms with E-state index >= 15 is 0 Å². The van der Waals surface area contributed by atoms with Gasteiger partial charge in [-0.25, -0.2) is 14.2 Å². The highest BCUT2D eigenvalue weighted by atomic mass is 32.1. The Kier molecular flexibility index (Phi) is 10.9. The number of ether oxygens (including phenoxy) is 4. The summed E-state index contributed by atoms with van der Waals surface area (Å²) in [6.45, 7) is 17.4. The molecule has 1 aliphatic rings. The van der Waals surface area contributed by atoms with Crippen LogP contribution in [0.2, 0.25) is 0 Å². The Morgan fingerprint density at radius 1 is 0.980 bits per heavy atom. The van der Waals surface area contributed by atoms with Crippen LogP contribution in [-0.2, 0) is 16.0 Å². The number of thiophene rings is 1. The van der Waals surface area contributed by atoms with E-state index in [1.54, 1.807) is 28.4 Å². The van der Waals surface area contributed by atoms with Crippen molar-refractivity contribution in [3.8, 4) is 45.3 Å². The second-order valence-corrected chi connectivity index (χ2v) is 14.1. The SMILES string of the molecule is C=CCCOc1ccccc1-c1nc(-c2cc3n(n2)CCN(C(=O)OC(C)(C)C)[C@@H]3C)c(-c2ccc(F)cc2OCCOCC=C)c2sccc12. The maximum absolute atomic E-state index is 14.8. The minimum absolute atomic E-state index is 0.213. The Morgan fingerprint density at radius 3 is 2.57 bits per heavy atom. The van der Waals surface area contributed by atoms with Gasteiger partial charge in [-0.3, -0.25) is 9.58 Å². The Bertz CT molecular complexity index is 2050. The van der Waals surface area contributed by atoms with E-state index in [0.717, 1.165) is 32.6 Å². The molecule has 266 valence electrons. The van der Waals surface area contributed by atoms with E-state index in [-0.39, 0.29) is 18.7 Å². The van der Waals surface area contributed by atoms with Gasteiger partial charge < -0.3 is 18.9 Å². The first kappa shape index (κ1) is 35.8. The molecule has 0 aliphatic carbocycles. The molecule has 0 spiro atoms. The Balaban J connectivity index is 1.53. The first-order valence-corrected chi connectivity index (χ1v) is 17.9. The quantitative estimate of drug-likeness (QED) is 0.0889. The van der Waals surface area contributed by atoms with Gasteiger partial charge in [0, 0.05) is 39.4 Å². The number of hydrogen-bond acceptors (Lipinski definition) is 8. The van der Waals surface area contributed by atoms with E-state index in [1.165, 1.54) is 12.1 Å². The Morgan fingerprint density at radius 2 is 1.78 bits per heavy atom. The molecule has 0 saturated heterocycles. The van der Waals surface area contributed by atoms with Crippen molar-refractivity contribution in [2.45, 2.75) is 52.3 Å². The molecule has 0 saturated carbocycles. The lowest BCUT2D eigenvalue weighted by Gasteiger charge is -2.35. The van der Waals surface area contributed by atoms with Crippen LogP contribution in [0, 0.1) is 5.82 Å². The molecular formula is C40H43FN4O5S. The number of fused-ring (bicyclic) bond motifs is 2. The third kappa shape index (κ3) is 7.84. The number of amides is 1. The summed E-state index contributed by atoms with van der Waals surface area (Å²) >= 11 is 1.56. The van der Waals surface area contributed by atoms with Gasteiger partial charge in [-0.1, -0.05) is 24.3 Å². The minimum atomic E-state index is -0.622. The standard InChI is InChI=1S/C40H43FN4O5S/c1-7-9-20-48-33-13-11-10-12-29(33)36-30-16-23-51-38(30)35(28-15-14-27(41)24-34(28)49-22-21-47-19-8-2)37(42-36)31-25-32-26(3)44(17-18-45(32)43-31)39(46)50-40(4,5)6/h7-8,10-16,23-26H,1-2,9,17-22H2,3-6H3/t26-/m1/s1. The predicted octanol–water partition coefficient (Wildman–Crippen LogP) is 9.48. The van der Waals surface area contributed by atoms with Crippen LogP contribution >= 0.6 is 11.3 Å². The van der Waals surface area contributed by atoms with Gasteiger partial charge in [0.15, 0.2) is 0 Å². The van der Waals surface area contributed by atoms with Crippen molar-refractivity contribution in [2.75, 3.05) is 33.0 Å². The van der Waals surface area contributed by atoms with E-state index in [2.05, 4.69) is 13.2 Å². The normalized spacial score (nSPS) is 14.3. The summed E-state index contributed by atoms with van der Waals surface area (Å²) in [6, 6.07) is 16.1. The van der Waals surface area contributed by atoms with Gasteiger partial charge in [-0.15, -0.1) is 24.5 Å². The largest absolute Gasteiger partial charge is 0.493 e. The average Bonchev–Trinajstić information content (AvgIpc) is 3.76. The number of para-hydroxylation sites is 1. The van der Waals surface area contributed by atoms with E-state index in [1.807, 2.05) is 80.2 Å². The maximum atomic E-state index is 14.8. The average molecular weight is 711 g/mol. The number of carbonyl (C=O) groups is 1. The molecule has 5 aromatic rings. The van der Waals surface area contributed by atoms with Crippen LogP contribution in [0.15, 0.2) is 85.3 Å². The fourth-order valence-corrected chi connectivity index (χ4v) is 7.05. The second-order valence-electron chi connectivity index (χ2n) is 13.1. The molecule has 6 rings (SSSR count). The number of halogens is 1. The van der Waals surface area contributed by atoms with Crippen molar-refractivity contribution in [3.63, 3.8) is 0 Å². The molecule has 4 heterocycles. The van der Waals surface area contributed by atoms with Crippen molar-refractivity contribution in [1.82, 2.24) is 19.7 Å². The summed E-state index contributed by atoms with van der Waals surface area (Å²) in [5, 5.41) is 8.01. The van der Waals surface area contributed by atoms with Crippen molar-refractivity contribution in [3.05, 3.63) is 96.8 Å². The molecule has 11 heteroatoms. The minimum Gasteiger partial charge on any atom is -0.493 e. The number of aromatic nitrogens is 3. The zero-order valence-corrected chi connectivity index (χ0v) is 30.3. The monoisotopic (exact) mass is 710 g/mol. The van der Waals surface area contributed by atoms with Crippen LogP contribution in [0.1, 0.15) is 45.9 Å². The fraction of sp³-hybridized carbons (Fsp3) is 0.325. The summed E-state index contributed by atoms with van der Waals surface area (Å²) in [7, 11) is 0. The van der Waals surface area contributed by atoms with Crippen LogP contribution < -0.4 is 9.47 Å². The summed E-state index contributed by atoms with van der Waals surface area (Å²) in [4.78, 5) is 20.3. The van der Waals surface area contributed by atoms with Crippen LogP contribution in [-0.4, -0.2) is 64.3 Å². The molecule has 1 amide bonds. The van der Waals surface area contributed by atoms with Gasteiger partial charge in [0.05, 0.1) is 43.8 Å². The summed E-state index contributed by atoms with van der Waals surface area (Å²) in [6.07, 6.45) is 3.82. The smallest absolute Gasteiger partial charge is 0.410 e. The first-order chi connectivity index (χ1) is 24.6. The molecule has 1 atom stereocenters. The topological polar surface area (TPSA) is 87.9 Å². The van der Waals surface area contributed by atoms with E-state index in [4.69, 9.17) is 29.0 Å². The fourth-order valence-electron chi connectivity index (χ4n) is 6.09. The molecular weight excluding hydrogens is 668 g/mol. The number of rotatable bonds is 13. The lowest BCUT2D eigenvalue weighted by Crippen LogP contribution is -2.43. The van der Waals surface area contributed by atoms with Gasteiger partial charge in [0.2, 0.25) is 0 Å². The molecule has 9 nitrogen and oxygen atoms in total. The third-order valence-corrected chi connectivity index (χ3v) is 9.33. The summed E-state index contributed by atoms with van der Waals surface area (Å²) in [5.41, 5.74) is 4.45. The van der Waals surface area contributed by atoms with E-state index in [0.29, 0.717) is 67.8 Å². The van der Waals surface area contributed by atoms with Gasteiger partial charge >= 0.3 is 6.09 Å². The zero-order chi connectivity index (χ0) is 36.1. The molecule has 0 unspecified atom stereocenters. The van der Waals surface area contributed by atoms with E-state index < -0.39 is 11.4 Å². The summed E-state index contributed by atoms with van der Waals surface area (Å²) < 4.78 is 41.3. The first-order valence-electron chi connectivity index (χ1n) is 17.0. The van der Waals surface area contributed by atoms with Crippen LogP contribution in [0.5, 0.6) is 11.5 Å². The van der Waals surface area contributed by atoms with Crippen LogP contribution in [0.3, 0.4) is 0 Å². The van der Waals surface area contributed by atoms with E-state index in [9.17, 15) is 9.18 Å². The number of pyridine rings is 1. The predicted molar refractivity (Wildman–Crippen MR) is 200 cm³/mol. The van der Waals surface area contributed by atoms with Gasteiger partial charge in [0.25, 0.3) is 0 Å². The summed E-state index contributed by atoms with van der Waals surface area (Å²) in [5.74, 6) is 0.645. The van der Waals surface area contributed by atoms with Crippen molar-refractivity contribution in [1.29, 1.82) is 0 Å². The highest BCUT2D eigenvalue weighted by Crippen LogP contribution is 2.47. The highest BCUT2D eigenvalue weighted by molar-refractivity contribution is 7.18. The lowest BCUT2D eigenvalue weighted by molar-refractivity contribution is 0.0120. The van der Waals surface area contributed by atoms with Gasteiger partial charge in [-0.2, -0.15) is 5.10 Å². The lowest BCUT2D eigenvalue weighted by atomic mass is 9.96. The molecule has 0 fully saturated rings. The second kappa shape index (κ2) is 15.5. The van der Waals surface area contributed by atoms with Crippen LogP contribution in [0.4, 0.5) is 9.18 Å². The molecule has 0 bridgehead atoms. The molecule has 1 aliphatic heterocycles. The van der Waals surface area contributed by atoms with Crippen molar-refractivity contribution < 1.29 is 28.1 Å². The third-order valence-electron chi connectivity index (χ3n) is 8.39. The molecule has 0 N–H and O–H groups in total. The highest BCUT2D eigenvalue weighted by Gasteiger charge is 2.33. The van der Waals surface area contributed by atoms with Crippen LogP contribution in [0.25, 0.3) is 43.9 Å². The van der Waals surface area contributed by atoms with Crippen molar-refractivity contribution >= 4 is 27.5 Å². The Hall–Kier alpha value is -5.00. The number of hydrogen-bond donors (Lipinski definition) is 0. The molecule has 0 radical (unpaired) electrons. The zero-order valence-electron chi connectivity index (χ0n) is 29.5. The Labute approximate surface area is 301 Å². The number of nitrogens with zero attached hydrogens (tertiary/aromatic N) is 4. The number of carbonyl (C=O) groups excluding carboxylic acids is 1. The number of benzene rings is 2. The molecule has 51 heavy (non-hydrogen) atoms. The van der Waals surface area contributed by atoms with Gasteiger partial charge in [0.1, 0.15) is 40.9 Å². The van der Waals surface area contributed by atoms with Gasteiger partial charge in [-0.05, 0) is 75.9 Å². The molecule has 2 aromatic carbocycles.